The highest BCUT2D eigenvalue weighted by atomic mass is 35.5. The minimum absolute atomic E-state index is 0.0141. The summed E-state index contributed by atoms with van der Waals surface area (Å²) in [5.41, 5.74) is 1.41. The van der Waals surface area contributed by atoms with Crippen LogP contribution < -0.4 is 4.90 Å². The second kappa shape index (κ2) is 9.65. The molecule has 162 valence electrons. The molecular weight excluding hydrogens is 412 g/mol. The third-order valence-electron chi connectivity index (χ3n) is 6.25. The van der Waals surface area contributed by atoms with Crippen LogP contribution in [0.15, 0.2) is 54.6 Å². The van der Waals surface area contributed by atoms with Gasteiger partial charge in [-0.15, -0.1) is 0 Å². The normalized spacial score (nSPS) is 20.0. The number of halogens is 1. The Morgan fingerprint density at radius 3 is 2.23 bits per heavy atom. The monoisotopic (exact) mass is 438 g/mol. The van der Waals surface area contributed by atoms with Gasteiger partial charge in [0.15, 0.2) is 0 Å². The van der Waals surface area contributed by atoms with Gasteiger partial charge >= 0.3 is 0 Å². The first-order valence-corrected chi connectivity index (χ1v) is 11.4. The van der Waals surface area contributed by atoms with E-state index < -0.39 is 6.04 Å². The summed E-state index contributed by atoms with van der Waals surface area (Å²) in [5.74, 6) is -0.653. The number of hydrogen-bond acceptors (Lipinski definition) is 3. The van der Waals surface area contributed by atoms with Gasteiger partial charge in [-0.25, -0.2) is 4.90 Å². The van der Waals surface area contributed by atoms with E-state index >= 15 is 0 Å². The molecule has 1 aliphatic carbocycles. The molecule has 1 atom stereocenters. The number of anilines is 1. The average Bonchev–Trinajstić information content (AvgIpc) is 2.93. The van der Waals surface area contributed by atoms with Crippen molar-refractivity contribution in [2.75, 3.05) is 4.90 Å². The van der Waals surface area contributed by atoms with Crippen LogP contribution in [0.1, 0.15) is 50.5 Å². The van der Waals surface area contributed by atoms with Gasteiger partial charge in [0.2, 0.25) is 11.8 Å². The predicted octanol–water partition coefficient (Wildman–Crippen LogP) is 4.77. The van der Waals surface area contributed by atoms with Gasteiger partial charge in [-0.3, -0.25) is 14.4 Å². The van der Waals surface area contributed by atoms with Crippen LogP contribution in [0.5, 0.6) is 0 Å². The SMILES string of the molecule is O=C1CC(N(C(=O)Cc2ccc(Cl)cc2)C2CCCCCC2)C(=O)N1c1ccccc1. The highest BCUT2D eigenvalue weighted by molar-refractivity contribution is 6.30. The van der Waals surface area contributed by atoms with E-state index in [1.807, 2.05) is 18.2 Å². The van der Waals surface area contributed by atoms with Crippen LogP contribution >= 0.6 is 11.6 Å². The standard InChI is InChI=1S/C25H27ClN2O3/c26-19-14-12-18(13-15-19)16-23(29)27(20-8-4-1-2-5-9-20)22-17-24(30)28(25(22)31)21-10-6-3-7-11-21/h3,6-7,10-15,20,22H,1-2,4-5,8-9,16-17H2. The molecular formula is C25H27ClN2O3. The molecule has 0 bridgehead atoms. The van der Waals surface area contributed by atoms with E-state index in [0.717, 1.165) is 44.1 Å². The molecule has 0 spiro atoms. The lowest BCUT2D eigenvalue weighted by Crippen LogP contribution is -2.51. The first-order chi connectivity index (χ1) is 15.0. The van der Waals surface area contributed by atoms with Crippen molar-refractivity contribution in [1.29, 1.82) is 0 Å². The summed E-state index contributed by atoms with van der Waals surface area (Å²) >= 11 is 5.98. The molecule has 2 fully saturated rings. The van der Waals surface area contributed by atoms with Crippen LogP contribution in [-0.4, -0.2) is 34.7 Å². The minimum atomic E-state index is -0.740. The smallest absolute Gasteiger partial charge is 0.257 e. The fourth-order valence-electron chi connectivity index (χ4n) is 4.72. The summed E-state index contributed by atoms with van der Waals surface area (Å²) in [6.07, 6.45) is 6.32. The average molecular weight is 439 g/mol. The fourth-order valence-corrected chi connectivity index (χ4v) is 4.84. The van der Waals surface area contributed by atoms with Crippen LogP contribution in [0.4, 0.5) is 5.69 Å². The maximum Gasteiger partial charge on any atom is 0.257 e. The van der Waals surface area contributed by atoms with Crippen LogP contribution in [0, 0.1) is 0 Å². The Hall–Kier alpha value is -2.66. The lowest BCUT2D eigenvalue weighted by atomic mass is 10.0. The van der Waals surface area contributed by atoms with Gasteiger partial charge in [0.1, 0.15) is 6.04 Å². The number of imide groups is 1. The van der Waals surface area contributed by atoms with Gasteiger partial charge in [-0.2, -0.15) is 0 Å². The Kier molecular flexibility index (Phi) is 6.71. The van der Waals surface area contributed by atoms with Crippen LogP contribution in [0.2, 0.25) is 5.02 Å². The maximum absolute atomic E-state index is 13.5. The molecule has 2 aromatic carbocycles. The highest BCUT2D eigenvalue weighted by Crippen LogP contribution is 2.31. The van der Waals surface area contributed by atoms with Crippen LogP contribution in [0.3, 0.4) is 0 Å². The van der Waals surface area contributed by atoms with Gasteiger partial charge in [0.05, 0.1) is 18.5 Å². The van der Waals surface area contributed by atoms with E-state index in [9.17, 15) is 14.4 Å². The molecule has 31 heavy (non-hydrogen) atoms. The first-order valence-electron chi connectivity index (χ1n) is 11.0. The number of carbonyl (C=O) groups is 3. The van der Waals surface area contributed by atoms with Gasteiger partial charge in [0.25, 0.3) is 5.91 Å². The maximum atomic E-state index is 13.5. The van der Waals surface area contributed by atoms with Crippen LogP contribution in [0.25, 0.3) is 0 Å². The lowest BCUT2D eigenvalue weighted by molar-refractivity contribution is -0.140. The molecule has 3 amide bonds. The van der Waals surface area contributed by atoms with E-state index in [-0.39, 0.29) is 36.6 Å². The summed E-state index contributed by atoms with van der Waals surface area (Å²) in [4.78, 5) is 42.7. The van der Waals surface area contributed by atoms with Crippen LogP contribution in [-0.2, 0) is 20.8 Å². The van der Waals surface area contributed by atoms with Crippen molar-refractivity contribution in [2.24, 2.45) is 0 Å². The number of rotatable bonds is 5. The van der Waals surface area contributed by atoms with Crippen molar-refractivity contribution >= 4 is 35.0 Å². The Bertz CT molecular complexity index is 937. The summed E-state index contributed by atoms with van der Waals surface area (Å²) in [7, 11) is 0. The van der Waals surface area contributed by atoms with Gasteiger partial charge in [-0.05, 0) is 42.7 Å². The zero-order valence-corrected chi connectivity index (χ0v) is 18.3. The van der Waals surface area contributed by atoms with Crippen molar-refractivity contribution < 1.29 is 14.4 Å². The van der Waals surface area contributed by atoms with Gasteiger partial charge in [-0.1, -0.05) is 67.6 Å². The molecule has 0 radical (unpaired) electrons. The van der Waals surface area contributed by atoms with Gasteiger partial charge < -0.3 is 4.90 Å². The third-order valence-corrected chi connectivity index (χ3v) is 6.50. The highest BCUT2D eigenvalue weighted by Gasteiger charge is 2.46. The fraction of sp³-hybridized carbons (Fsp3) is 0.400. The summed E-state index contributed by atoms with van der Waals surface area (Å²) in [6, 6.07) is 15.4. The molecule has 5 nitrogen and oxygen atoms in total. The van der Waals surface area contributed by atoms with Crippen molar-refractivity contribution in [2.45, 2.75) is 63.5 Å². The Morgan fingerprint density at radius 2 is 1.58 bits per heavy atom. The second-order valence-electron chi connectivity index (χ2n) is 8.37. The van der Waals surface area contributed by atoms with Crippen molar-refractivity contribution in [3.8, 4) is 0 Å². The summed E-state index contributed by atoms with van der Waals surface area (Å²) < 4.78 is 0. The molecule has 0 aromatic heterocycles. The number of benzene rings is 2. The molecule has 1 aliphatic heterocycles. The zero-order valence-electron chi connectivity index (χ0n) is 17.5. The Labute approximate surface area is 188 Å². The molecule has 4 rings (SSSR count). The number of para-hydroxylation sites is 1. The van der Waals surface area contributed by atoms with Gasteiger partial charge in [0, 0.05) is 11.1 Å². The molecule has 2 aliphatic rings. The molecule has 6 heteroatoms. The first kappa shape index (κ1) is 21.6. The van der Waals surface area contributed by atoms with Crippen molar-refractivity contribution in [1.82, 2.24) is 4.90 Å². The second-order valence-corrected chi connectivity index (χ2v) is 8.81. The topological polar surface area (TPSA) is 57.7 Å². The number of nitrogens with zero attached hydrogens (tertiary/aromatic N) is 2. The molecule has 1 heterocycles. The number of carbonyl (C=O) groups excluding carboxylic acids is 3. The number of amides is 3. The predicted molar refractivity (Wildman–Crippen MR) is 121 cm³/mol. The van der Waals surface area contributed by atoms with E-state index in [0.29, 0.717) is 10.7 Å². The zero-order chi connectivity index (χ0) is 21.8. The van der Waals surface area contributed by atoms with Crippen molar-refractivity contribution in [3.63, 3.8) is 0 Å². The number of hydrogen-bond donors (Lipinski definition) is 0. The third kappa shape index (κ3) is 4.82. The van der Waals surface area contributed by atoms with E-state index in [2.05, 4.69) is 0 Å². The molecule has 1 saturated carbocycles. The van der Waals surface area contributed by atoms with Crippen molar-refractivity contribution in [3.05, 3.63) is 65.2 Å². The molecule has 2 aromatic rings. The Balaban J connectivity index is 1.62. The molecule has 0 N–H and O–H groups in total. The van der Waals surface area contributed by atoms with E-state index in [4.69, 9.17) is 11.6 Å². The summed E-state index contributed by atoms with van der Waals surface area (Å²) in [5, 5.41) is 0.617. The molecule has 1 saturated heterocycles. The quantitative estimate of drug-likeness (QED) is 0.499. The Morgan fingerprint density at radius 1 is 0.935 bits per heavy atom. The summed E-state index contributed by atoms with van der Waals surface area (Å²) in [6.45, 7) is 0. The minimum Gasteiger partial charge on any atom is -0.327 e. The largest absolute Gasteiger partial charge is 0.327 e. The molecule has 1 unspecified atom stereocenters. The van der Waals surface area contributed by atoms with E-state index in [1.54, 1.807) is 41.3 Å². The lowest BCUT2D eigenvalue weighted by Gasteiger charge is -2.35. The van der Waals surface area contributed by atoms with E-state index in [1.165, 1.54) is 4.90 Å².